The minimum atomic E-state index is -1.06. The van der Waals surface area contributed by atoms with Crippen LogP contribution in [0.1, 0.15) is 24.0 Å². The van der Waals surface area contributed by atoms with Gasteiger partial charge in [0.25, 0.3) is 5.91 Å². The first kappa shape index (κ1) is 18.4. The van der Waals surface area contributed by atoms with Gasteiger partial charge in [-0.25, -0.2) is 4.79 Å². The van der Waals surface area contributed by atoms with Gasteiger partial charge in [0.05, 0.1) is 0 Å². The van der Waals surface area contributed by atoms with Crippen LogP contribution in [0.5, 0.6) is 0 Å². The van der Waals surface area contributed by atoms with Crippen molar-refractivity contribution in [3.8, 4) is 0 Å². The number of anilines is 1. The summed E-state index contributed by atoms with van der Waals surface area (Å²) in [7, 11) is 0. The molecule has 1 atom stereocenters. The Balaban J connectivity index is 1.73. The Bertz CT molecular complexity index is 862. The van der Waals surface area contributed by atoms with E-state index in [0.29, 0.717) is 18.5 Å². The third kappa shape index (κ3) is 4.82. The van der Waals surface area contributed by atoms with Crippen LogP contribution >= 0.6 is 0 Å². The number of aliphatic imine (C=N–C) groups is 1. The van der Waals surface area contributed by atoms with Crippen molar-refractivity contribution in [3.05, 3.63) is 78.4 Å². The van der Waals surface area contributed by atoms with Crippen LogP contribution < -0.4 is 10.6 Å². The SMILES string of the molecule is C=CCCC1=N[C@H](NC(=O)OCc2ccccc2)C(=O)Nc2ccccc21. The smallest absolute Gasteiger partial charge is 0.409 e. The number of hydrogen-bond acceptors (Lipinski definition) is 4. The molecule has 3 rings (SSSR count). The molecule has 0 fully saturated rings. The monoisotopic (exact) mass is 363 g/mol. The molecule has 0 spiro atoms. The van der Waals surface area contributed by atoms with Crippen LogP contribution in [0.3, 0.4) is 0 Å². The summed E-state index contributed by atoms with van der Waals surface area (Å²) in [6.07, 6.45) is 1.37. The lowest BCUT2D eigenvalue weighted by atomic mass is 10.0. The van der Waals surface area contributed by atoms with E-state index >= 15 is 0 Å². The number of fused-ring (bicyclic) bond motifs is 1. The molecule has 0 bridgehead atoms. The van der Waals surface area contributed by atoms with Crippen molar-refractivity contribution in [1.29, 1.82) is 0 Å². The van der Waals surface area contributed by atoms with E-state index in [1.54, 1.807) is 6.08 Å². The van der Waals surface area contributed by atoms with Gasteiger partial charge in [0.15, 0.2) is 0 Å². The molecule has 6 heteroatoms. The number of nitrogens with one attached hydrogen (secondary N) is 2. The number of benzene rings is 2. The number of hydrogen-bond donors (Lipinski definition) is 2. The maximum Gasteiger partial charge on any atom is 0.409 e. The molecule has 1 heterocycles. The van der Waals surface area contributed by atoms with Crippen molar-refractivity contribution in [2.45, 2.75) is 25.6 Å². The Hall–Kier alpha value is -3.41. The van der Waals surface area contributed by atoms with Crippen LogP contribution in [0.25, 0.3) is 0 Å². The standard InChI is InChI=1S/C21H21N3O3/c1-2-3-12-17-16-11-7-8-13-18(16)23-20(25)19(22-17)24-21(26)27-14-15-9-5-4-6-10-15/h2,4-11,13,19H,1,3,12,14H2,(H,23,25)(H,24,26)/t19-/m1/s1. The van der Waals surface area contributed by atoms with E-state index in [-0.39, 0.29) is 6.61 Å². The second-order valence-electron chi connectivity index (χ2n) is 6.05. The van der Waals surface area contributed by atoms with Gasteiger partial charge < -0.3 is 10.1 Å². The molecule has 2 aromatic rings. The van der Waals surface area contributed by atoms with E-state index < -0.39 is 18.2 Å². The highest BCUT2D eigenvalue weighted by molar-refractivity contribution is 6.12. The molecule has 0 saturated heterocycles. The van der Waals surface area contributed by atoms with Crippen LogP contribution in [-0.2, 0) is 16.1 Å². The first-order valence-electron chi connectivity index (χ1n) is 8.72. The number of carbonyl (C=O) groups excluding carboxylic acids is 2. The molecule has 2 aromatic carbocycles. The van der Waals surface area contributed by atoms with Crippen LogP contribution in [-0.4, -0.2) is 23.9 Å². The van der Waals surface area contributed by atoms with Gasteiger partial charge in [-0.15, -0.1) is 6.58 Å². The van der Waals surface area contributed by atoms with Crippen molar-refractivity contribution < 1.29 is 14.3 Å². The van der Waals surface area contributed by atoms with Gasteiger partial charge in [-0.1, -0.05) is 54.6 Å². The molecule has 0 radical (unpaired) electrons. The average Bonchev–Trinajstić information content (AvgIpc) is 2.82. The lowest BCUT2D eigenvalue weighted by Gasteiger charge is -2.13. The summed E-state index contributed by atoms with van der Waals surface area (Å²) in [5.41, 5.74) is 3.11. The molecule has 6 nitrogen and oxygen atoms in total. The van der Waals surface area contributed by atoms with Crippen LogP contribution in [0.2, 0.25) is 0 Å². The van der Waals surface area contributed by atoms with Crippen molar-refractivity contribution in [2.75, 3.05) is 5.32 Å². The molecule has 1 aliphatic heterocycles. The fourth-order valence-corrected chi connectivity index (χ4v) is 2.74. The topological polar surface area (TPSA) is 79.8 Å². The van der Waals surface area contributed by atoms with E-state index in [9.17, 15) is 9.59 Å². The van der Waals surface area contributed by atoms with Crippen molar-refractivity contribution in [3.63, 3.8) is 0 Å². The Morgan fingerprint density at radius 3 is 2.70 bits per heavy atom. The van der Waals surface area contributed by atoms with Gasteiger partial charge in [0, 0.05) is 17.0 Å². The molecule has 138 valence electrons. The normalized spacial score (nSPS) is 15.6. The van der Waals surface area contributed by atoms with E-state index in [0.717, 1.165) is 16.8 Å². The van der Waals surface area contributed by atoms with Crippen LogP contribution in [0.15, 0.2) is 72.2 Å². The van der Waals surface area contributed by atoms with Gasteiger partial charge >= 0.3 is 6.09 Å². The highest BCUT2D eigenvalue weighted by Crippen LogP contribution is 2.22. The molecule has 27 heavy (non-hydrogen) atoms. The summed E-state index contributed by atoms with van der Waals surface area (Å²) in [5, 5.41) is 5.34. The predicted octanol–water partition coefficient (Wildman–Crippen LogP) is 3.65. The number of carbonyl (C=O) groups is 2. The van der Waals surface area contributed by atoms with E-state index in [2.05, 4.69) is 22.2 Å². The lowest BCUT2D eigenvalue weighted by molar-refractivity contribution is -0.117. The van der Waals surface area contributed by atoms with Crippen molar-refractivity contribution in [2.24, 2.45) is 4.99 Å². The maximum atomic E-state index is 12.5. The van der Waals surface area contributed by atoms with Gasteiger partial charge in [-0.2, -0.15) is 0 Å². The van der Waals surface area contributed by atoms with Crippen molar-refractivity contribution >= 4 is 23.4 Å². The average molecular weight is 363 g/mol. The molecule has 0 unspecified atom stereocenters. The molecular weight excluding hydrogens is 342 g/mol. The highest BCUT2D eigenvalue weighted by Gasteiger charge is 2.26. The second kappa shape index (κ2) is 8.80. The van der Waals surface area contributed by atoms with Gasteiger partial charge in [0.1, 0.15) is 6.61 Å². The Labute approximate surface area is 158 Å². The van der Waals surface area contributed by atoms with Gasteiger partial charge in [-0.05, 0) is 24.5 Å². The first-order chi connectivity index (χ1) is 13.2. The summed E-state index contributed by atoms with van der Waals surface area (Å²) in [5.74, 6) is -0.410. The van der Waals surface area contributed by atoms with E-state index in [1.807, 2.05) is 54.6 Å². The third-order valence-corrected chi connectivity index (χ3v) is 4.08. The predicted molar refractivity (Wildman–Crippen MR) is 105 cm³/mol. The number of para-hydroxylation sites is 1. The molecule has 0 aromatic heterocycles. The molecular formula is C21H21N3O3. The Kier molecular flexibility index (Phi) is 5.99. The largest absolute Gasteiger partial charge is 0.445 e. The number of nitrogens with zero attached hydrogens (tertiary/aromatic N) is 1. The van der Waals surface area contributed by atoms with Gasteiger partial charge in [0.2, 0.25) is 6.17 Å². The quantitative estimate of drug-likeness (QED) is 0.769. The van der Waals surface area contributed by atoms with Crippen molar-refractivity contribution in [1.82, 2.24) is 5.32 Å². The minimum absolute atomic E-state index is 0.119. The number of allylic oxidation sites excluding steroid dienone is 1. The summed E-state index contributed by atoms with van der Waals surface area (Å²) in [6, 6.07) is 16.8. The van der Waals surface area contributed by atoms with Crippen LogP contribution in [0.4, 0.5) is 10.5 Å². The number of alkyl carbamates (subject to hydrolysis) is 1. The highest BCUT2D eigenvalue weighted by atomic mass is 16.5. The van der Waals surface area contributed by atoms with Crippen LogP contribution in [0, 0.1) is 0 Å². The van der Waals surface area contributed by atoms with Gasteiger partial charge in [-0.3, -0.25) is 15.1 Å². The summed E-state index contributed by atoms with van der Waals surface area (Å²) in [6.45, 7) is 3.85. The maximum absolute atomic E-state index is 12.5. The third-order valence-electron chi connectivity index (χ3n) is 4.08. The molecule has 1 aliphatic rings. The summed E-state index contributed by atoms with van der Waals surface area (Å²) < 4.78 is 5.20. The zero-order valence-corrected chi connectivity index (χ0v) is 14.9. The molecule has 0 aliphatic carbocycles. The fourth-order valence-electron chi connectivity index (χ4n) is 2.74. The number of rotatable bonds is 6. The van der Waals surface area contributed by atoms with E-state index in [1.165, 1.54) is 0 Å². The fraction of sp³-hybridized carbons (Fsp3) is 0.190. The summed E-state index contributed by atoms with van der Waals surface area (Å²) in [4.78, 5) is 29.1. The number of ether oxygens (including phenoxy) is 1. The van der Waals surface area contributed by atoms with E-state index in [4.69, 9.17) is 4.74 Å². The second-order valence-corrected chi connectivity index (χ2v) is 6.05. The first-order valence-corrected chi connectivity index (χ1v) is 8.72. The summed E-state index contributed by atoms with van der Waals surface area (Å²) >= 11 is 0. The number of amides is 2. The zero-order chi connectivity index (χ0) is 19.1. The lowest BCUT2D eigenvalue weighted by Crippen LogP contribution is -2.42. The molecule has 2 N–H and O–H groups in total. The molecule has 0 saturated carbocycles. The number of benzodiazepines with no additional fused rings is 1. The minimum Gasteiger partial charge on any atom is -0.445 e. The Morgan fingerprint density at radius 2 is 1.93 bits per heavy atom. The Morgan fingerprint density at radius 1 is 1.19 bits per heavy atom. The zero-order valence-electron chi connectivity index (χ0n) is 14.9. The molecule has 2 amide bonds.